The summed E-state index contributed by atoms with van der Waals surface area (Å²) in [5.74, 6) is -1.22. The molecule has 0 radical (unpaired) electrons. The van der Waals surface area contributed by atoms with E-state index in [1.54, 1.807) is 24.3 Å². The molecule has 3 aromatic rings. The third-order valence-corrected chi connectivity index (χ3v) is 7.08. The second-order valence-electron chi connectivity index (χ2n) is 7.17. The van der Waals surface area contributed by atoms with Crippen LogP contribution in [0.5, 0.6) is 0 Å². The Labute approximate surface area is 201 Å². The summed E-state index contributed by atoms with van der Waals surface area (Å²) >= 11 is 12.3. The van der Waals surface area contributed by atoms with E-state index in [-0.39, 0.29) is 23.0 Å². The molecular formula is C22H20Cl2N4O4S. The zero-order valence-corrected chi connectivity index (χ0v) is 20.1. The van der Waals surface area contributed by atoms with Crippen LogP contribution in [0.2, 0.25) is 10.0 Å². The lowest BCUT2D eigenvalue weighted by atomic mass is 10.1. The molecule has 0 atom stereocenters. The molecule has 11 heteroatoms. The monoisotopic (exact) mass is 506 g/mol. The van der Waals surface area contributed by atoms with Gasteiger partial charge in [0, 0.05) is 42.2 Å². The van der Waals surface area contributed by atoms with Gasteiger partial charge in [-0.15, -0.1) is 0 Å². The van der Waals surface area contributed by atoms with Crippen LogP contribution in [-0.4, -0.2) is 48.5 Å². The maximum Gasteiger partial charge on any atom is 0.242 e. The number of carbonyl (C=O) groups excluding carboxylic acids is 2. The third-order valence-electron chi connectivity index (χ3n) is 4.68. The zero-order valence-electron chi connectivity index (χ0n) is 17.8. The van der Waals surface area contributed by atoms with Gasteiger partial charge in [0.25, 0.3) is 0 Å². The Morgan fingerprint density at radius 1 is 0.970 bits per heavy atom. The predicted octanol–water partition coefficient (Wildman–Crippen LogP) is 3.84. The highest BCUT2D eigenvalue weighted by Crippen LogP contribution is 2.27. The predicted molar refractivity (Wildman–Crippen MR) is 126 cm³/mol. The number of ketones is 1. The molecule has 0 unspecified atom stereocenters. The Balaban J connectivity index is 2.00. The maximum absolute atomic E-state index is 13.2. The second-order valence-corrected chi connectivity index (χ2v) is 10.2. The molecule has 1 aromatic heterocycles. The van der Waals surface area contributed by atoms with Gasteiger partial charge in [0.05, 0.1) is 17.9 Å². The number of anilines is 1. The van der Waals surface area contributed by atoms with Crippen molar-refractivity contribution in [2.45, 2.75) is 17.9 Å². The van der Waals surface area contributed by atoms with Gasteiger partial charge in [-0.05, 0) is 42.0 Å². The first kappa shape index (κ1) is 24.8. The Kier molecular flexibility index (Phi) is 7.80. The average Bonchev–Trinajstić information content (AvgIpc) is 2.79. The van der Waals surface area contributed by atoms with E-state index in [9.17, 15) is 18.0 Å². The van der Waals surface area contributed by atoms with Crippen molar-refractivity contribution in [3.05, 3.63) is 82.4 Å². The number of benzene rings is 2. The molecule has 8 nitrogen and oxygen atoms in total. The lowest BCUT2D eigenvalue weighted by Crippen LogP contribution is -2.32. The van der Waals surface area contributed by atoms with Crippen molar-refractivity contribution in [2.75, 3.05) is 19.0 Å². The fourth-order valence-corrected chi connectivity index (χ4v) is 4.33. The standard InChI is InChI=1S/C22H20Cl2N4O4S/c1-27(2)33(31,32)18-6-3-5-17(12-18)28(14-15-7-8-16(23)11-19(15)24)21(30)13-20(29)22-25-9-4-10-26-22/h3-12H,13-14H2,1-2H3. The smallest absolute Gasteiger partial charge is 0.242 e. The van der Waals surface area contributed by atoms with Gasteiger partial charge in [-0.1, -0.05) is 35.3 Å². The number of amides is 1. The fraction of sp³-hybridized carbons (Fsp3) is 0.182. The van der Waals surface area contributed by atoms with Crippen LogP contribution < -0.4 is 4.90 Å². The van der Waals surface area contributed by atoms with Crippen molar-refractivity contribution >= 4 is 50.6 Å². The summed E-state index contributed by atoms with van der Waals surface area (Å²) in [4.78, 5) is 34.8. The molecule has 0 saturated carbocycles. The van der Waals surface area contributed by atoms with Gasteiger partial charge in [-0.2, -0.15) is 0 Å². The first-order valence-electron chi connectivity index (χ1n) is 9.66. The topological polar surface area (TPSA) is 101 Å². The number of hydrogen-bond donors (Lipinski definition) is 0. The first-order chi connectivity index (χ1) is 15.6. The van der Waals surface area contributed by atoms with Crippen molar-refractivity contribution in [1.82, 2.24) is 14.3 Å². The van der Waals surface area contributed by atoms with Crippen LogP contribution in [0.4, 0.5) is 5.69 Å². The van der Waals surface area contributed by atoms with Crippen molar-refractivity contribution < 1.29 is 18.0 Å². The minimum Gasteiger partial charge on any atom is -0.308 e. The van der Waals surface area contributed by atoms with Crippen LogP contribution >= 0.6 is 23.2 Å². The Morgan fingerprint density at radius 2 is 1.67 bits per heavy atom. The summed E-state index contributed by atoms with van der Waals surface area (Å²) in [5, 5.41) is 0.757. The third kappa shape index (κ3) is 5.94. The van der Waals surface area contributed by atoms with Gasteiger partial charge >= 0.3 is 0 Å². The van der Waals surface area contributed by atoms with E-state index in [4.69, 9.17) is 23.2 Å². The Morgan fingerprint density at radius 3 is 2.30 bits per heavy atom. The number of halogens is 2. The van der Waals surface area contributed by atoms with E-state index in [1.807, 2.05) is 0 Å². The minimum absolute atomic E-state index is 0.00252. The molecule has 33 heavy (non-hydrogen) atoms. The van der Waals surface area contributed by atoms with Gasteiger partial charge < -0.3 is 4.90 Å². The zero-order chi connectivity index (χ0) is 24.2. The van der Waals surface area contributed by atoms with Crippen LogP contribution in [0.1, 0.15) is 22.6 Å². The van der Waals surface area contributed by atoms with Gasteiger partial charge in [0.15, 0.2) is 5.82 Å². The lowest BCUT2D eigenvalue weighted by Gasteiger charge is -2.24. The summed E-state index contributed by atoms with van der Waals surface area (Å²) in [6.45, 7) is -0.0107. The summed E-state index contributed by atoms with van der Waals surface area (Å²) in [6.07, 6.45) is 2.30. The first-order valence-corrected chi connectivity index (χ1v) is 11.9. The molecule has 1 heterocycles. The molecule has 0 aliphatic heterocycles. The summed E-state index contributed by atoms with van der Waals surface area (Å²) in [5.41, 5.74) is 0.856. The molecule has 0 aliphatic carbocycles. The van der Waals surface area contributed by atoms with E-state index in [1.165, 1.54) is 55.7 Å². The summed E-state index contributed by atoms with van der Waals surface area (Å²) in [7, 11) is -0.919. The molecular weight excluding hydrogens is 487 g/mol. The van der Waals surface area contributed by atoms with Crippen molar-refractivity contribution in [3.8, 4) is 0 Å². The highest BCUT2D eigenvalue weighted by molar-refractivity contribution is 7.89. The Bertz CT molecular complexity index is 1280. The van der Waals surface area contributed by atoms with E-state index in [0.717, 1.165) is 4.31 Å². The van der Waals surface area contributed by atoms with Crippen LogP contribution in [0.15, 0.2) is 65.8 Å². The second kappa shape index (κ2) is 10.4. The number of carbonyl (C=O) groups is 2. The minimum atomic E-state index is -3.75. The van der Waals surface area contributed by atoms with Crippen molar-refractivity contribution in [3.63, 3.8) is 0 Å². The summed E-state index contributed by atoms with van der Waals surface area (Å²) < 4.78 is 26.3. The molecule has 0 aliphatic rings. The van der Waals surface area contributed by atoms with E-state index in [2.05, 4.69) is 9.97 Å². The van der Waals surface area contributed by atoms with Gasteiger partial charge in [0.1, 0.15) is 0 Å². The molecule has 1 amide bonds. The molecule has 172 valence electrons. The number of nitrogens with zero attached hydrogens (tertiary/aromatic N) is 4. The molecule has 0 saturated heterocycles. The molecule has 0 spiro atoms. The van der Waals surface area contributed by atoms with Crippen LogP contribution in [0.3, 0.4) is 0 Å². The van der Waals surface area contributed by atoms with E-state index >= 15 is 0 Å². The largest absolute Gasteiger partial charge is 0.308 e. The average molecular weight is 507 g/mol. The van der Waals surface area contributed by atoms with Gasteiger partial charge in [-0.3, -0.25) is 9.59 Å². The Hall–Kier alpha value is -2.85. The normalized spacial score (nSPS) is 11.4. The quantitative estimate of drug-likeness (QED) is 0.339. The molecule has 2 aromatic carbocycles. The van der Waals surface area contributed by atoms with Gasteiger partial charge in [-0.25, -0.2) is 22.7 Å². The molecule has 0 fully saturated rings. The SMILES string of the molecule is CN(C)S(=O)(=O)c1cccc(N(Cc2ccc(Cl)cc2Cl)C(=O)CC(=O)c2ncccn2)c1. The van der Waals surface area contributed by atoms with E-state index in [0.29, 0.717) is 15.6 Å². The highest BCUT2D eigenvalue weighted by Gasteiger charge is 2.24. The number of rotatable bonds is 8. The fourth-order valence-electron chi connectivity index (χ4n) is 2.92. The van der Waals surface area contributed by atoms with Crippen molar-refractivity contribution in [1.29, 1.82) is 0 Å². The number of hydrogen-bond acceptors (Lipinski definition) is 6. The number of sulfonamides is 1. The summed E-state index contributed by atoms with van der Waals surface area (Å²) in [6, 6.07) is 12.3. The van der Waals surface area contributed by atoms with Crippen molar-refractivity contribution in [2.24, 2.45) is 0 Å². The van der Waals surface area contributed by atoms with E-state index < -0.39 is 28.1 Å². The molecule has 0 bridgehead atoms. The maximum atomic E-state index is 13.2. The number of aromatic nitrogens is 2. The van der Waals surface area contributed by atoms with Crippen LogP contribution in [0, 0.1) is 0 Å². The van der Waals surface area contributed by atoms with Crippen LogP contribution in [-0.2, 0) is 21.4 Å². The number of Topliss-reactive ketones (excluding diaryl/α,β-unsaturated/α-hetero) is 1. The lowest BCUT2D eigenvalue weighted by molar-refractivity contribution is -0.117. The highest BCUT2D eigenvalue weighted by atomic mass is 35.5. The van der Waals surface area contributed by atoms with Crippen LogP contribution in [0.25, 0.3) is 0 Å². The van der Waals surface area contributed by atoms with Gasteiger partial charge in [0.2, 0.25) is 21.7 Å². The molecule has 0 N–H and O–H groups in total. The molecule has 3 rings (SSSR count).